The number of benzene rings is 2. The maximum Gasteiger partial charge on any atom is 0.335 e. The van der Waals surface area contributed by atoms with Gasteiger partial charge in [-0.25, -0.2) is 9.59 Å². The lowest BCUT2D eigenvalue weighted by atomic mass is 10.1. The van der Waals surface area contributed by atoms with E-state index >= 15 is 0 Å². The molecule has 0 fully saturated rings. The first kappa shape index (κ1) is 17.6. The van der Waals surface area contributed by atoms with Crippen molar-refractivity contribution in [3.05, 3.63) is 53.6 Å². The zero-order valence-corrected chi connectivity index (χ0v) is 14.6. The van der Waals surface area contributed by atoms with Crippen LogP contribution in [0.1, 0.15) is 22.8 Å². The maximum absolute atomic E-state index is 12.6. The number of fused-ring (bicyclic) bond motifs is 1. The number of hydrogen-bond donors (Lipinski definition) is 2. The third kappa shape index (κ3) is 3.88. The number of aromatic carboxylic acids is 1. The average molecular weight is 356 g/mol. The molecule has 1 heterocycles. The molecule has 1 atom stereocenters. The van der Waals surface area contributed by atoms with E-state index in [2.05, 4.69) is 5.32 Å². The molecule has 136 valence electrons. The van der Waals surface area contributed by atoms with Crippen LogP contribution in [0.3, 0.4) is 0 Å². The molecule has 1 aliphatic heterocycles. The van der Waals surface area contributed by atoms with Crippen LogP contribution in [-0.4, -0.2) is 41.8 Å². The number of ether oxygens (including phenoxy) is 2. The lowest BCUT2D eigenvalue weighted by molar-refractivity contribution is 0.0696. The normalized spacial score (nSPS) is 16.1. The Morgan fingerprint density at radius 1 is 1.23 bits per heavy atom. The number of carboxylic acid groups (broad SMARTS) is 1. The van der Waals surface area contributed by atoms with E-state index in [1.54, 1.807) is 42.3 Å². The highest BCUT2D eigenvalue weighted by Crippen LogP contribution is 2.27. The molecule has 1 aliphatic rings. The summed E-state index contributed by atoms with van der Waals surface area (Å²) in [5.41, 5.74) is 1.59. The maximum atomic E-state index is 12.6. The fourth-order valence-electron chi connectivity index (χ4n) is 2.79. The van der Waals surface area contributed by atoms with E-state index in [1.807, 2.05) is 6.92 Å². The van der Waals surface area contributed by atoms with Crippen molar-refractivity contribution < 1.29 is 24.2 Å². The van der Waals surface area contributed by atoms with E-state index < -0.39 is 5.97 Å². The number of nitrogens with zero attached hydrogens (tertiary/aromatic N) is 1. The van der Waals surface area contributed by atoms with Gasteiger partial charge in [0.2, 0.25) is 0 Å². The number of amides is 2. The smallest absolute Gasteiger partial charge is 0.335 e. The molecule has 2 aromatic carbocycles. The molecular weight excluding hydrogens is 336 g/mol. The lowest BCUT2D eigenvalue weighted by Gasteiger charge is -2.22. The minimum absolute atomic E-state index is 0.159. The van der Waals surface area contributed by atoms with Crippen molar-refractivity contribution in [2.24, 2.45) is 0 Å². The Morgan fingerprint density at radius 2 is 1.96 bits per heavy atom. The lowest BCUT2D eigenvalue weighted by Crippen LogP contribution is -2.38. The van der Waals surface area contributed by atoms with E-state index in [-0.39, 0.29) is 17.7 Å². The molecule has 7 nitrogen and oxygen atoms in total. The van der Waals surface area contributed by atoms with Gasteiger partial charge in [-0.15, -0.1) is 0 Å². The van der Waals surface area contributed by atoms with Crippen molar-refractivity contribution in [3.63, 3.8) is 0 Å². The van der Waals surface area contributed by atoms with E-state index in [0.29, 0.717) is 30.3 Å². The first-order valence-electron chi connectivity index (χ1n) is 8.19. The monoisotopic (exact) mass is 356 g/mol. The van der Waals surface area contributed by atoms with Crippen molar-refractivity contribution in [1.82, 2.24) is 4.90 Å². The largest absolute Gasteiger partial charge is 0.497 e. The summed E-state index contributed by atoms with van der Waals surface area (Å²) in [7, 11) is 1.58. The highest BCUT2D eigenvalue weighted by atomic mass is 16.5. The van der Waals surface area contributed by atoms with Crippen molar-refractivity contribution >= 4 is 17.7 Å². The van der Waals surface area contributed by atoms with Gasteiger partial charge in [-0.1, -0.05) is 6.07 Å². The summed E-state index contributed by atoms with van der Waals surface area (Å²) in [6, 6.07) is 11.5. The summed E-state index contributed by atoms with van der Waals surface area (Å²) in [6.45, 7) is 2.57. The van der Waals surface area contributed by atoms with Gasteiger partial charge in [-0.2, -0.15) is 0 Å². The minimum atomic E-state index is -1.01. The van der Waals surface area contributed by atoms with Crippen LogP contribution in [0.4, 0.5) is 10.5 Å². The van der Waals surface area contributed by atoms with E-state index in [9.17, 15) is 9.59 Å². The standard InChI is InChI=1S/C19H20N2O5/c1-12-10-21(19(24)20-15-5-7-16(25-2)8-6-15)11-14-4-3-13(18(22)23)9-17(14)26-12/h3-9,12H,10-11H2,1-2H3,(H,20,24)(H,22,23)/t12-/m1/s1. The molecule has 0 aromatic heterocycles. The summed E-state index contributed by atoms with van der Waals surface area (Å²) in [5, 5.41) is 12.0. The summed E-state index contributed by atoms with van der Waals surface area (Å²) < 4.78 is 10.9. The first-order chi connectivity index (χ1) is 12.5. The van der Waals surface area contributed by atoms with Crippen molar-refractivity contribution in [2.45, 2.75) is 19.6 Å². The van der Waals surface area contributed by atoms with Gasteiger partial charge in [0, 0.05) is 11.3 Å². The number of hydrogen-bond acceptors (Lipinski definition) is 4. The topological polar surface area (TPSA) is 88.1 Å². The molecule has 0 radical (unpaired) electrons. The van der Waals surface area contributed by atoms with Crippen LogP contribution in [-0.2, 0) is 6.54 Å². The predicted octanol–water partition coefficient (Wildman–Crippen LogP) is 3.21. The van der Waals surface area contributed by atoms with Crippen LogP contribution in [0.2, 0.25) is 0 Å². The van der Waals surface area contributed by atoms with Gasteiger partial charge in [0.15, 0.2) is 0 Å². The molecule has 0 unspecified atom stereocenters. The molecule has 0 aliphatic carbocycles. The summed E-state index contributed by atoms with van der Waals surface area (Å²) >= 11 is 0. The Bertz CT molecular complexity index is 819. The molecule has 0 spiro atoms. The number of carbonyl (C=O) groups excluding carboxylic acids is 1. The van der Waals surface area contributed by atoms with Gasteiger partial charge in [-0.3, -0.25) is 0 Å². The molecule has 2 amide bonds. The second-order valence-electron chi connectivity index (χ2n) is 6.10. The minimum Gasteiger partial charge on any atom is -0.497 e. The fourth-order valence-corrected chi connectivity index (χ4v) is 2.79. The summed E-state index contributed by atoms with van der Waals surface area (Å²) in [5.74, 6) is 0.197. The second kappa shape index (κ2) is 7.35. The molecule has 7 heteroatoms. The third-order valence-corrected chi connectivity index (χ3v) is 4.11. The van der Waals surface area contributed by atoms with Gasteiger partial charge in [0.1, 0.15) is 17.6 Å². The third-order valence-electron chi connectivity index (χ3n) is 4.11. The number of methoxy groups -OCH3 is 1. The Kier molecular flexibility index (Phi) is 4.97. The van der Waals surface area contributed by atoms with Gasteiger partial charge < -0.3 is 24.8 Å². The Balaban J connectivity index is 1.77. The molecule has 3 rings (SSSR count). The highest BCUT2D eigenvalue weighted by molar-refractivity contribution is 5.90. The number of anilines is 1. The SMILES string of the molecule is COc1ccc(NC(=O)N2Cc3ccc(C(=O)O)cc3O[C@H](C)C2)cc1. The van der Waals surface area contributed by atoms with Gasteiger partial charge in [0.25, 0.3) is 0 Å². The predicted molar refractivity (Wildman–Crippen MR) is 95.9 cm³/mol. The van der Waals surface area contributed by atoms with Gasteiger partial charge in [-0.05, 0) is 43.3 Å². The zero-order valence-electron chi connectivity index (χ0n) is 14.6. The average Bonchev–Trinajstić information content (AvgIpc) is 2.79. The molecule has 0 saturated heterocycles. The van der Waals surface area contributed by atoms with E-state index in [0.717, 1.165) is 5.56 Å². The van der Waals surface area contributed by atoms with Crippen LogP contribution in [0.25, 0.3) is 0 Å². The number of carbonyl (C=O) groups is 2. The molecule has 26 heavy (non-hydrogen) atoms. The van der Waals surface area contributed by atoms with Crippen LogP contribution < -0.4 is 14.8 Å². The molecule has 0 saturated carbocycles. The Morgan fingerprint density at radius 3 is 2.62 bits per heavy atom. The number of rotatable bonds is 3. The first-order valence-corrected chi connectivity index (χ1v) is 8.19. The number of urea groups is 1. The number of carboxylic acids is 1. The molecule has 2 aromatic rings. The van der Waals surface area contributed by atoms with Crippen molar-refractivity contribution in [1.29, 1.82) is 0 Å². The second-order valence-corrected chi connectivity index (χ2v) is 6.10. The van der Waals surface area contributed by atoms with Crippen LogP contribution >= 0.6 is 0 Å². The Labute approximate surface area is 151 Å². The number of nitrogens with one attached hydrogen (secondary N) is 1. The van der Waals surface area contributed by atoms with Crippen LogP contribution in [0.5, 0.6) is 11.5 Å². The fraction of sp³-hybridized carbons (Fsp3) is 0.263. The zero-order chi connectivity index (χ0) is 18.7. The quantitative estimate of drug-likeness (QED) is 0.882. The van der Waals surface area contributed by atoms with Crippen molar-refractivity contribution in [3.8, 4) is 11.5 Å². The van der Waals surface area contributed by atoms with Gasteiger partial charge in [0.05, 0.1) is 25.8 Å². The van der Waals surface area contributed by atoms with E-state index in [4.69, 9.17) is 14.6 Å². The van der Waals surface area contributed by atoms with Crippen LogP contribution in [0, 0.1) is 0 Å². The summed E-state index contributed by atoms with van der Waals surface area (Å²) in [6.07, 6.45) is -0.262. The molecular formula is C19H20N2O5. The van der Waals surface area contributed by atoms with Gasteiger partial charge >= 0.3 is 12.0 Å². The van der Waals surface area contributed by atoms with Crippen LogP contribution in [0.15, 0.2) is 42.5 Å². The van der Waals surface area contributed by atoms with Crippen molar-refractivity contribution in [2.75, 3.05) is 19.0 Å². The Hall–Kier alpha value is -3.22. The molecule has 2 N–H and O–H groups in total. The molecule has 0 bridgehead atoms. The summed E-state index contributed by atoms with van der Waals surface area (Å²) in [4.78, 5) is 25.4. The van der Waals surface area contributed by atoms with E-state index in [1.165, 1.54) is 12.1 Å². The highest BCUT2D eigenvalue weighted by Gasteiger charge is 2.24.